The van der Waals surface area contributed by atoms with E-state index in [2.05, 4.69) is 41.6 Å². The SMILES string of the molecule is CC(C)(C)c1ccc(NC(=O)Nc2nnc(Cc3ccccc3)o2)cc1. The van der Waals surface area contributed by atoms with Crippen LogP contribution in [0.2, 0.25) is 0 Å². The molecule has 3 aromatic rings. The van der Waals surface area contributed by atoms with Crippen LogP contribution in [-0.2, 0) is 11.8 Å². The Balaban J connectivity index is 1.57. The number of nitrogens with one attached hydrogen (secondary N) is 2. The number of amides is 2. The molecular formula is C20H22N4O2. The Morgan fingerprint density at radius 3 is 2.31 bits per heavy atom. The van der Waals surface area contributed by atoms with Gasteiger partial charge in [-0.2, -0.15) is 0 Å². The van der Waals surface area contributed by atoms with Crippen LogP contribution in [0.25, 0.3) is 0 Å². The first-order valence-corrected chi connectivity index (χ1v) is 8.45. The smallest absolute Gasteiger partial charge is 0.327 e. The summed E-state index contributed by atoms with van der Waals surface area (Å²) in [6, 6.07) is 17.2. The van der Waals surface area contributed by atoms with Crippen LogP contribution < -0.4 is 10.6 Å². The van der Waals surface area contributed by atoms with E-state index in [-0.39, 0.29) is 11.4 Å². The molecule has 0 bridgehead atoms. The topological polar surface area (TPSA) is 80.0 Å². The van der Waals surface area contributed by atoms with E-state index >= 15 is 0 Å². The number of carbonyl (C=O) groups is 1. The highest BCUT2D eigenvalue weighted by molar-refractivity contribution is 5.98. The molecule has 0 fully saturated rings. The number of urea groups is 1. The second-order valence-electron chi connectivity index (χ2n) is 7.07. The van der Waals surface area contributed by atoms with Crippen molar-refractivity contribution < 1.29 is 9.21 Å². The Hall–Kier alpha value is -3.15. The van der Waals surface area contributed by atoms with Crippen LogP contribution in [0.5, 0.6) is 0 Å². The molecule has 0 aliphatic rings. The molecule has 0 saturated carbocycles. The summed E-state index contributed by atoms with van der Waals surface area (Å²) in [5.41, 5.74) is 3.02. The molecule has 2 N–H and O–H groups in total. The first-order chi connectivity index (χ1) is 12.4. The molecule has 6 nitrogen and oxygen atoms in total. The molecule has 134 valence electrons. The molecule has 0 spiro atoms. The first kappa shape index (κ1) is 17.7. The molecule has 1 heterocycles. The number of anilines is 2. The molecule has 6 heteroatoms. The van der Waals surface area contributed by atoms with E-state index in [0.717, 1.165) is 5.56 Å². The highest BCUT2D eigenvalue weighted by Crippen LogP contribution is 2.23. The van der Waals surface area contributed by atoms with Gasteiger partial charge in [0.05, 0.1) is 6.42 Å². The van der Waals surface area contributed by atoms with Gasteiger partial charge in [0.1, 0.15) is 0 Å². The third-order valence-corrected chi connectivity index (χ3v) is 3.89. The minimum absolute atomic E-state index is 0.0691. The van der Waals surface area contributed by atoms with Crippen LogP contribution in [0.15, 0.2) is 59.0 Å². The fraction of sp³-hybridized carbons (Fsp3) is 0.250. The largest absolute Gasteiger partial charge is 0.407 e. The number of rotatable bonds is 4. The minimum atomic E-state index is -0.427. The quantitative estimate of drug-likeness (QED) is 0.720. The molecule has 0 aliphatic carbocycles. The second-order valence-corrected chi connectivity index (χ2v) is 7.07. The summed E-state index contributed by atoms with van der Waals surface area (Å²) in [6.45, 7) is 6.43. The zero-order valence-corrected chi connectivity index (χ0v) is 15.1. The molecule has 0 saturated heterocycles. The summed E-state index contributed by atoms with van der Waals surface area (Å²) < 4.78 is 5.47. The number of nitrogens with zero attached hydrogens (tertiary/aromatic N) is 2. The predicted octanol–water partition coefficient (Wildman–Crippen LogP) is 4.60. The second kappa shape index (κ2) is 7.39. The van der Waals surface area contributed by atoms with Gasteiger partial charge in [0.2, 0.25) is 5.89 Å². The maximum atomic E-state index is 12.1. The van der Waals surface area contributed by atoms with E-state index < -0.39 is 6.03 Å². The summed E-state index contributed by atoms with van der Waals surface area (Å²) in [4.78, 5) is 12.1. The molecule has 0 unspecified atom stereocenters. The maximum Gasteiger partial charge on any atom is 0.327 e. The van der Waals surface area contributed by atoms with E-state index in [0.29, 0.717) is 18.0 Å². The molecule has 0 atom stereocenters. The zero-order chi connectivity index (χ0) is 18.6. The van der Waals surface area contributed by atoms with Crippen molar-refractivity contribution >= 4 is 17.7 Å². The van der Waals surface area contributed by atoms with E-state index in [1.165, 1.54) is 5.56 Å². The molecule has 2 amide bonds. The summed E-state index contributed by atoms with van der Waals surface area (Å²) in [7, 11) is 0. The molecule has 1 aromatic heterocycles. The van der Waals surface area contributed by atoms with Crippen molar-refractivity contribution in [2.45, 2.75) is 32.6 Å². The fourth-order valence-corrected chi connectivity index (χ4v) is 2.46. The third kappa shape index (κ3) is 4.69. The third-order valence-electron chi connectivity index (χ3n) is 3.89. The van der Waals surface area contributed by atoms with Gasteiger partial charge in [-0.1, -0.05) is 68.3 Å². The lowest BCUT2D eigenvalue weighted by Crippen LogP contribution is -2.19. The fourth-order valence-electron chi connectivity index (χ4n) is 2.46. The van der Waals surface area contributed by atoms with Gasteiger partial charge in [0, 0.05) is 5.69 Å². The average Bonchev–Trinajstić information content (AvgIpc) is 3.02. The van der Waals surface area contributed by atoms with Gasteiger partial charge in [-0.3, -0.25) is 5.32 Å². The summed E-state index contributed by atoms with van der Waals surface area (Å²) in [5.74, 6) is 0.445. The summed E-state index contributed by atoms with van der Waals surface area (Å²) >= 11 is 0. The van der Waals surface area contributed by atoms with E-state index in [1.54, 1.807) is 0 Å². The lowest BCUT2D eigenvalue weighted by molar-refractivity contribution is 0.261. The molecule has 0 radical (unpaired) electrons. The normalized spacial score (nSPS) is 11.2. The van der Waals surface area contributed by atoms with Gasteiger partial charge >= 0.3 is 12.0 Å². The molecule has 2 aromatic carbocycles. The molecule has 26 heavy (non-hydrogen) atoms. The highest BCUT2D eigenvalue weighted by atomic mass is 16.4. The van der Waals surface area contributed by atoms with E-state index in [4.69, 9.17) is 4.42 Å². The Labute approximate surface area is 152 Å². The van der Waals surface area contributed by atoms with E-state index in [1.807, 2.05) is 54.6 Å². The van der Waals surface area contributed by atoms with Crippen molar-refractivity contribution in [3.8, 4) is 0 Å². The lowest BCUT2D eigenvalue weighted by Gasteiger charge is -2.19. The van der Waals surface area contributed by atoms with Gasteiger partial charge in [-0.05, 0) is 28.7 Å². The Bertz CT molecular complexity index is 865. The minimum Gasteiger partial charge on any atom is -0.407 e. The van der Waals surface area contributed by atoms with Crippen LogP contribution in [0.3, 0.4) is 0 Å². The number of hydrogen-bond donors (Lipinski definition) is 2. The number of carbonyl (C=O) groups excluding carboxylic acids is 1. The summed E-state index contributed by atoms with van der Waals surface area (Å²) in [5, 5.41) is 13.1. The van der Waals surface area contributed by atoms with Crippen LogP contribution in [0.4, 0.5) is 16.5 Å². The van der Waals surface area contributed by atoms with Crippen molar-refractivity contribution in [2.24, 2.45) is 0 Å². The Kier molecular flexibility index (Phi) is 5.02. The Morgan fingerprint density at radius 1 is 0.962 bits per heavy atom. The number of aromatic nitrogens is 2. The van der Waals surface area contributed by atoms with Crippen molar-refractivity contribution in [1.82, 2.24) is 10.2 Å². The van der Waals surface area contributed by atoms with Crippen LogP contribution in [0.1, 0.15) is 37.8 Å². The van der Waals surface area contributed by atoms with Gasteiger partial charge in [0.25, 0.3) is 0 Å². The lowest BCUT2D eigenvalue weighted by atomic mass is 9.87. The first-order valence-electron chi connectivity index (χ1n) is 8.45. The zero-order valence-electron chi connectivity index (χ0n) is 15.1. The molecule has 0 aliphatic heterocycles. The van der Waals surface area contributed by atoms with Crippen LogP contribution >= 0.6 is 0 Å². The van der Waals surface area contributed by atoms with Crippen molar-refractivity contribution in [2.75, 3.05) is 10.6 Å². The molecular weight excluding hydrogens is 328 g/mol. The highest BCUT2D eigenvalue weighted by Gasteiger charge is 2.14. The van der Waals surface area contributed by atoms with E-state index in [9.17, 15) is 4.79 Å². The molecule has 3 rings (SSSR count). The van der Waals surface area contributed by atoms with Gasteiger partial charge in [-0.25, -0.2) is 4.79 Å². The van der Waals surface area contributed by atoms with Gasteiger partial charge in [-0.15, -0.1) is 5.10 Å². The average molecular weight is 350 g/mol. The van der Waals surface area contributed by atoms with Crippen LogP contribution in [0, 0.1) is 0 Å². The monoisotopic (exact) mass is 350 g/mol. The van der Waals surface area contributed by atoms with Gasteiger partial charge in [0.15, 0.2) is 0 Å². The maximum absolute atomic E-state index is 12.1. The van der Waals surface area contributed by atoms with Crippen molar-refractivity contribution in [3.63, 3.8) is 0 Å². The standard InChI is InChI=1S/C20H22N4O2/c1-20(2,3)15-9-11-16(12-10-15)21-18(25)22-19-24-23-17(26-19)13-14-7-5-4-6-8-14/h4-12H,13H2,1-3H3,(H2,21,22,24,25). The summed E-state index contributed by atoms with van der Waals surface area (Å²) in [6.07, 6.45) is 0.519. The number of hydrogen-bond acceptors (Lipinski definition) is 4. The number of benzene rings is 2. The van der Waals surface area contributed by atoms with Crippen LogP contribution in [-0.4, -0.2) is 16.2 Å². The predicted molar refractivity (Wildman–Crippen MR) is 101 cm³/mol. The Morgan fingerprint density at radius 2 is 1.65 bits per heavy atom. The van der Waals surface area contributed by atoms with Crippen molar-refractivity contribution in [1.29, 1.82) is 0 Å². The van der Waals surface area contributed by atoms with Crippen molar-refractivity contribution in [3.05, 3.63) is 71.6 Å². The van der Waals surface area contributed by atoms with Gasteiger partial charge < -0.3 is 9.73 Å².